The maximum atomic E-state index is 5.65. The first-order chi connectivity index (χ1) is 8.20. The largest absolute Gasteiger partial charge is 0.376 e. The van der Waals surface area contributed by atoms with Gasteiger partial charge in [-0.05, 0) is 35.7 Å². The molecule has 1 fully saturated rings. The van der Waals surface area contributed by atoms with Gasteiger partial charge in [0.15, 0.2) is 0 Å². The van der Waals surface area contributed by atoms with Crippen LogP contribution in [0.1, 0.15) is 19.8 Å². The number of anilines is 2. The van der Waals surface area contributed by atoms with Crippen LogP contribution in [0.2, 0.25) is 0 Å². The molecule has 1 unspecified atom stereocenters. The van der Waals surface area contributed by atoms with Crippen LogP contribution < -0.4 is 10.6 Å². The van der Waals surface area contributed by atoms with Gasteiger partial charge in [0.05, 0.1) is 10.6 Å². The molecule has 0 amide bonds. The van der Waals surface area contributed by atoms with Crippen molar-refractivity contribution in [1.29, 1.82) is 0 Å². The summed E-state index contributed by atoms with van der Waals surface area (Å²) < 4.78 is 6.51. The maximum Gasteiger partial charge on any atom is 0.222 e. The van der Waals surface area contributed by atoms with Crippen molar-refractivity contribution < 1.29 is 4.74 Å². The molecular formula is C11H17BrN4O. The minimum Gasteiger partial charge on any atom is -0.376 e. The number of hydrogen-bond donors (Lipinski definition) is 1. The van der Waals surface area contributed by atoms with Gasteiger partial charge in [-0.2, -0.15) is 4.98 Å². The summed E-state index contributed by atoms with van der Waals surface area (Å²) in [5, 5.41) is 0. The quantitative estimate of drug-likeness (QED) is 0.919. The molecule has 0 aliphatic carbocycles. The van der Waals surface area contributed by atoms with Gasteiger partial charge in [-0.3, -0.25) is 0 Å². The first kappa shape index (κ1) is 12.6. The molecule has 1 aliphatic heterocycles. The van der Waals surface area contributed by atoms with Crippen molar-refractivity contribution in [2.75, 3.05) is 30.3 Å². The van der Waals surface area contributed by atoms with Gasteiger partial charge in [-0.1, -0.05) is 0 Å². The Hall–Kier alpha value is -0.880. The highest BCUT2D eigenvalue weighted by Crippen LogP contribution is 2.25. The van der Waals surface area contributed by atoms with Crippen LogP contribution in [0, 0.1) is 0 Å². The lowest BCUT2D eigenvalue weighted by Gasteiger charge is -2.25. The summed E-state index contributed by atoms with van der Waals surface area (Å²) in [5.74, 6) is 1.14. The van der Waals surface area contributed by atoms with E-state index in [0.29, 0.717) is 12.1 Å². The van der Waals surface area contributed by atoms with E-state index in [-0.39, 0.29) is 0 Å². The minimum absolute atomic E-state index is 0.300. The number of likely N-dealkylation sites (N-methyl/N-ethyl adjacent to an activating group) is 1. The van der Waals surface area contributed by atoms with Crippen molar-refractivity contribution in [3.63, 3.8) is 0 Å². The number of aromatic nitrogens is 2. The highest BCUT2D eigenvalue weighted by molar-refractivity contribution is 9.10. The van der Waals surface area contributed by atoms with E-state index in [0.717, 1.165) is 42.8 Å². The highest BCUT2D eigenvalue weighted by Gasteiger charge is 2.20. The lowest BCUT2D eigenvalue weighted by molar-refractivity contribution is 0.115. The topological polar surface area (TPSA) is 64.3 Å². The Morgan fingerprint density at radius 3 is 3.12 bits per heavy atom. The van der Waals surface area contributed by atoms with E-state index < -0.39 is 0 Å². The predicted molar refractivity (Wildman–Crippen MR) is 71.0 cm³/mol. The number of hydrogen-bond acceptors (Lipinski definition) is 5. The van der Waals surface area contributed by atoms with E-state index in [9.17, 15) is 0 Å². The average molecular weight is 301 g/mol. The van der Waals surface area contributed by atoms with E-state index in [1.807, 2.05) is 0 Å². The van der Waals surface area contributed by atoms with Gasteiger partial charge in [0, 0.05) is 25.9 Å². The fourth-order valence-corrected chi connectivity index (χ4v) is 2.43. The molecule has 6 heteroatoms. The van der Waals surface area contributed by atoms with Crippen molar-refractivity contribution in [1.82, 2.24) is 9.97 Å². The Balaban J connectivity index is 2.13. The van der Waals surface area contributed by atoms with Crippen molar-refractivity contribution in [2.24, 2.45) is 0 Å². The first-order valence-corrected chi connectivity index (χ1v) is 6.64. The zero-order valence-corrected chi connectivity index (χ0v) is 11.5. The second-order valence-electron chi connectivity index (χ2n) is 4.07. The van der Waals surface area contributed by atoms with E-state index in [2.05, 4.69) is 37.7 Å². The van der Waals surface area contributed by atoms with Crippen LogP contribution >= 0.6 is 15.9 Å². The number of nitrogens with two attached hydrogens (primary N) is 1. The molecule has 2 rings (SSSR count). The van der Waals surface area contributed by atoms with Crippen molar-refractivity contribution >= 4 is 27.7 Å². The maximum absolute atomic E-state index is 5.65. The second-order valence-corrected chi connectivity index (χ2v) is 4.93. The molecule has 1 saturated heterocycles. The van der Waals surface area contributed by atoms with Crippen molar-refractivity contribution in [3.05, 3.63) is 10.7 Å². The standard InChI is InChI=1S/C11H17BrN4O/c1-2-16(7-8-4-3-5-17-8)10-9(12)6-14-11(13)15-10/h6,8H,2-5,7H2,1H3,(H2,13,14,15). The zero-order valence-electron chi connectivity index (χ0n) is 9.90. The Labute approximate surface area is 110 Å². The van der Waals surface area contributed by atoms with Crippen molar-refractivity contribution in [3.8, 4) is 0 Å². The van der Waals surface area contributed by atoms with Crippen LogP contribution in [0.25, 0.3) is 0 Å². The van der Waals surface area contributed by atoms with Crippen LogP contribution in [-0.4, -0.2) is 35.8 Å². The lowest BCUT2D eigenvalue weighted by Crippen LogP contribution is -2.33. The third kappa shape index (κ3) is 3.07. The molecule has 1 aromatic heterocycles. The van der Waals surface area contributed by atoms with E-state index in [4.69, 9.17) is 10.5 Å². The van der Waals surface area contributed by atoms with E-state index >= 15 is 0 Å². The van der Waals surface area contributed by atoms with Crippen LogP contribution in [0.15, 0.2) is 10.7 Å². The monoisotopic (exact) mass is 300 g/mol. The molecule has 0 spiro atoms. The van der Waals surface area contributed by atoms with Crippen molar-refractivity contribution in [2.45, 2.75) is 25.9 Å². The van der Waals surface area contributed by atoms with E-state index in [1.54, 1.807) is 6.20 Å². The lowest BCUT2D eigenvalue weighted by atomic mass is 10.2. The Morgan fingerprint density at radius 1 is 1.65 bits per heavy atom. The Kier molecular flexibility index (Phi) is 4.17. The molecule has 0 radical (unpaired) electrons. The molecule has 0 aromatic carbocycles. The van der Waals surface area contributed by atoms with Crippen LogP contribution in [-0.2, 0) is 4.74 Å². The average Bonchev–Trinajstić information content (AvgIpc) is 2.82. The smallest absolute Gasteiger partial charge is 0.222 e. The van der Waals surface area contributed by atoms with Gasteiger partial charge in [0.2, 0.25) is 5.95 Å². The molecule has 5 nitrogen and oxygen atoms in total. The molecule has 0 bridgehead atoms. The summed E-state index contributed by atoms with van der Waals surface area (Å²) in [7, 11) is 0. The summed E-state index contributed by atoms with van der Waals surface area (Å²) in [6, 6.07) is 0. The molecule has 1 atom stereocenters. The van der Waals surface area contributed by atoms with Crippen LogP contribution in [0.5, 0.6) is 0 Å². The molecule has 17 heavy (non-hydrogen) atoms. The van der Waals surface area contributed by atoms with Gasteiger partial charge < -0.3 is 15.4 Å². The molecule has 0 saturated carbocycles. The summed E-state index contributed by atoms with van der Waals surface area (Å²) in [4.78, 5) is 10.4. The second kappa shape index (κ2) is 5.64. The fraction of sp³-hybridized carbons (Fsp3) is 0.636. The number of ether oxygens (including phenoxy) is 1. The van der Waals surface area contributed by atoms with Crippen LogP contribution in [0.3, 0.4) is 0 Å². The molecular weight excluding hydrogens is 284 g/mol. The molecule has 1 aromatic rings. The summed E-state index contributed by atoms with van der Waals surface area (Å²) in [5.41, 5.74) is 5.63. The summed E-state index contributed by atoms with van der Waals surface area (Å²) >= 11 is 3.46. The highest BCUT2D eigenvalue weighted by atomic mass is 79.9. The summed E-state index contributed by atoms with van der Waals surface area (Å²) in [6.45, 7) is 4.69. The predicted octanol–water partition coefficient (Wildman–Crippen LogP) is 1.83. The number of nitrogens with zero attached hydrogens (tertiary/aromatic N) is 3. The SMILES string of the molecule is CCN(CC1CCCO1)c1nc(N)ncc1Br. The molecule has 94 valence electrons. The normalized spacial score (nSPS) is 19.5. The molecule has 2 heterocycles. The first-order valence-electron chi connectivity index (χ1n) is 5.85. The fourth-order valence-electron chi connectivity index (χ4n) is 1.99. The number of rotatable bonds is 4. The number of nitrogen functional groups attached to an aromatic ring is 1. The van der Waals surface area contributed by atoms with Gasteiger partial charge in [-0.15, -0.1) is 0 Å². The third-order valence-corrected chi connectivity index (χ3v) is 3.43. The molecule has 2 N–H and O–H groups in total. The third-order valence-electron chi connectivity index (χ3n) is 2.87. The van der Waals surface area contributed by atoms with Gasteiger partial charge >= 0.3 is 0 Å². The van der Waals surface area contributed by atoms with E-state index in [1.165, 1.54) is 0 Å². The van der Waals surface area contributed by atoms with Gasteiger partial charge in [0.1, 0.15) is 5.82 Å². The Bertz CT molecular complexity index is 382. The van der Waals surface area contributed by atoms with Gasteiger partial charge in [0.25, 0.3) is 0 Å². The Morgan fingerprint density at radius 2 is 2.47 bits per heavy atom. The zero-order chi connectivity index (χ0) is 12.3. The van der Waals surface area contributed by atoms with Crippen LogP contribution in [0.4, 0.5) is 11.8 Å². The minimum atomic E-state index is 0.300. The summed E-state index contributed by atoms with van der Waals surface area (Å²) in [6.07, 6.45) is 4.26. The van der Waals surface area contributed by atoms with Gasteiger partial charge in [-0.25, -0.2) is 4.98 Å². The molecule has 1 aliphatic rings. The number of halogens is 1.